The minimum atomic E-state index is -8.71. The van der Waals surface area contributed by atoms with Crippen LogP contribution in [-0.4, -0.2) is 94.9 Å². The van der Waals surface area contributed by atoms with Crippen LogP contribution in [0.4, 0.5) is 85.1 Å². The van der Waals surface area contributed by atoms with Crippen LogP contribution in [-0.2, 0) is 18.7 Å². The summed E-state index contributed by atoms with van der Waals surface area (Å²) < 4.78 is 264. The highest BCUT2D eigenvalue weighted by Crippen LogP contribution is 2.64. The van der Waals surface area contributed by atoms with Gasteiger partial charge >= 0.3 is 59.7 Å². The second kappa shape index (κ2) is 21.9. The number of methoxy groups -OCH3 is 1. The van der Waals surface area contributed by atoms with E-state index in [0.717, 1.165) is 0 Å². The van der Waals surface area contributed by atoms with Crippen LogP contribution in [0.25, 0.3) is 0 Å². The van der Waals surface area contributed by atoms with Crippen LogP contribution < -0.4 is 14.8 Å². The largest absolute Gasteiger partial charge is 0.497 e. The van der Waals surface area contributed by atoms with Gasteiger partial charge in [-0.2, -0.15) is 74.6 Å². The van der Waals surface area contributed by atoms with E-state index in [4.69, 9.17) is 23.4 Å². The number of hydrogen-bond donors (Lipinski definition) is 1. The standard InChI is InChI=1S/C42H48F17NO7Si/c1-9-19-65-32(61)23-26(6)27(7)33(67-34(62)60-29-12-16-30(63-8)17-13-29)28-10-14-31(15-11-28)64-20-21-66-68(24(2)3,25(4)5)22-18-35(43,44)36(45,46)37(47,48)38(49,50)39(51,52)40(53,54)41(55,56)42(57,58)59/h9-17,23-25,27,33H,1,18-22H2,2-8H3,(H,60,62)/b26-23+/t27-,33-/m0/s1. The summed E-state index contributed by atoms with van der Waals surface area (Å²) >= 11 is 0. The van der Waals surface area contributed by atoms with Crippen molar-refractivity contribution in [3.63, 3.8) is 0 Å². The second-order valence-corrected chi connectivity index (χ2v) is 21.0. The first-order valence-electron chi connectivity index (χ1n) is 20.0. The molecule has 2 rings (SSSR count). The maximum atomic E-state index is 15.0. The highest BCUT2D eigenvalue weighted by atomic mass is 28.4. The Morgan fingerprint density at radius 3 is 1.60 bits per heavy atom. The average molecular weight is 1030 g/mol. The summed E-state index contributed by atoms with van der Waals surface area (Å²) in [4.78, 5) is 25.3. The van der Waals surface area contributed by atoms with Crippen LogP contribution in [0.2, 0.25) is 17.1 Å². The molecule has 0 saturated heterocycles. The summed E-state index contributed by atoms with van der Waals surface area (Å²) in [6.07, 6.45) is -9.85. The molecule has 0 aromatic heterocycles. The maximum absolute atomic E-state index is 15.0. The van der Waals surface area contributed by atoms with Crippen LogP contribution in [0, 0.1) is 5.92 Å². The van der Waals surface area contributed by atoms with Gasteiger partial charge in [0.05, 0.1) is 13.7 Å². The highest BCUT2D eigenvalue weighted by Gasteiger charge is 2.95. The summed E-state index contributed by atoms with van der Waals surface area (Å²) in [5.74, 6) is -57.7. The lowest BCUT2D eigenvalue weighted by Crippen LogP contribution is -2.74. The highest BCUT2D eigenvalue weighted by molar-refractivity contribution is 6.76. The normalized spacial score (nSPS) is 14.9. The van der Waals surface area contributed by atoms with Gasteiger partial charge in [-0.3, -0.25) is 5.32 Å². The summed E-state index contributed by atoms with van der Waals surface area (Å²) in [6, 6.07) is 10.6. The maximum Gasteiger partial charge on any atom is 0.460 e. The van der Waals surface area contributed by atoms with Gasteiger partial charge in [-0.15, -0.1) is 0 Å². The Labute approximate surface area is 380 Å². The third-order valence-corrected chi connectivity index (χ3v) is 16.6. The Hall–Kier alpha value is -4.75. The summed E-state index contributed by atoms with van der Waals surface area (Å²) in [7, 11) is -2.59. The molecule has 2 aromatic rings. The molecule has 0 bridgehead atoms. The zero-order valence-electron chi connectivity index (χ0n) is 37.1. The number of anilines is 1. The smallest absolute Gasteiger partial charge is 0.460 e. The van der Waals surface area contributed by atoms with E-state index in [9.17, 15) is 75.4 Å². The van der Waals surface area contributed by atoms with Crippen molar-refractivity contribution in [3.05, 3.63) is 78.4 Å². The number of carbonyl (C=O) groups is 2. The molecule has 0 fully saturated rings. The van der Waals surface area contributed by atoms with E-state index in [2.05, 4.69) is 11.9 Å². The number of nitrogens with one attached hydrogen (secondary N) is 1. The van der Waals surface area contributed by atoms with Gasteiger partial charge in [-0.05, 0) is 66.0 Å². The molecular formula is C42H48F17NO7Si. The second-order valence-electron chi connectivity index (χ2n) is 16.0. The Morgan fingerprint density at radius 1 is 0.676 bits per heavy atom. The van der Waals surface area contributed by atoms with Gasteiger partial charge in [0.2, 0.25) is 0 Å². The van der Waals surface area contributed by atoms with E-state index in [0.29, 0.717) is 22.6 Å². The molecule has 0 radical (unpaired) electrons. The predicted octanol–water partition coefficient (Wildman–Crippen LogP) is 13.9. The van der Waals surface area contributed by atoms with Crippen molar-refractivity contribution in [2.75, 3.05) is 32.2 Å². The molecule has 0 aliphatic rings. The van der Waals surface area contributed by atoms with E-state index < -0.39 is 117 Å². The fourth-order valence-corrected chi connectivity index (χ4v) is 11.1. The Balaban J connectivity index is 2.33. The quantitative estimate of drug-likeness (QED) is 0.0264. The molecule has 386 valence electrons. The minimum absolute atomic E-state index is 0.0818. The lowest BCUT2D eigenvalue weighted by molar-refractivity contribution is -0.461. The Kier molecular flexibility index (Phi) is 19.1. The first-order chi connectivity index (χ1) is 30.9. The van der Waals surface area contributed by atoms with Gasteiger partial charge in [0, 0.05) is 24.1 Å². The van der Waals surface area contributed by atoms with Gasteiger partial charge < -0.3 is 23.4 Å². The van der Waals surface area contributed by atoms with Crippen molar-refractivity contribution in [3.8, 4) is 11.5 Å². The number of halogens is 17. The molecule has 2 aromatic carbocycles. The van der Waals surface area contributed by atoms with Gasteiger partial charge in [-0.25, -0.2) is 9.59 Å². The van der Waals surface area contributed by atoms with E-state index in [1.54, 1.807) is 26.0 Å². The molecule has 1 N–H and O–H groups in total. The number of esters is 1. The third kappa shape index (κ3) is 12.2. The molecule has 0 saturated carbocycles. The topological polar surface area (TPSA) is 92.3 Å². The molecule has 0 heterocycles. The summed E-state index contributed by atoms with van der Waals surface area (Å²) in [5.41, 5.74) is -0.676. The first kappa shape index (κ1) is 59.4. The van der Waals surface area contributed by atoms with Crippen LogP contribution >= 0.6 is 0 Å². The van der Waals surface area contributed by atoms with Crippen LogP contribution in [0.5, 0.6) is 11.5 Å². The number of carbonyl (C=O) groups excluding carboxylic acids is 2. The average Bonchev–Trinajstić information content (AvgIpc) is 3.23. The number of amides is 1. The number of benzene rings is 2. The van der Waals surface area contributed by atoms with Crippen molar-refractivity contribution in [2.45, 2.75) is 119 Å². The zero-order valence-corrected chi connectivity index (χ0v) is 38.1. The van der Waals surface area contributed by atoms with E-state index in [-0.39, 0.29) is 12.4 Å². The number of rotatable bonds is 25. The van der Waals surface area contributed by atoms with Gasteiger partial charge in [-0.1, -0.05) is 65.0 Å². The minimum Gasteiger partial charge on any atom is -0.497 e. The van der Waals surface area contributed by atoms with Crippen molar-refractivity contribution in [1.29, 1.82) is 0 Å². The molecule has 68 heavy (non-hydrogen) atoms. The van der Waals surface area contributed by atoms with E-state index >= 15 is 8.78 Å². The number of alkyl halides is 17. The van der Waals surface area contributed by atoms with Crippen LogP contribution in [0.1, 0.15) is 59.6 Å². The number of hydrogen-bond acceptors (Lipinski definition) is 7. The molecule has 1 amide bonds. The Bertz CT molecular complexity index is 2020. The molecule has 0 aliphatic heterocycles. The third-order valence-electron chi connectivity index (χ3n) is 10.9. The van der Waals surface area contributed by atoms with Crippen LogP contribution in [0.15, 0.2) is 72.8 Å². The lowest BCUT2D eigenvalue weighted by atomic mass is 9.88. The van der Waals surface area contributed by atoms with Gasteiger partial charge in [0.25, 0.3) is 0 Å². The van der Waals surface area contributed by atoms with Crippen molar-refractivity contribution >= 4 is 26.1 Å². The molecule has 2 atom stereocenters. The molecular weight excluding hydrogens is 982 g/mol. The van der Waals surface area contributed by atoms with Crippen LogP contribution in [0.3, 0.4) is 0 Å². The predicted molar refractivity (Wildman–Crippen MR) is 214 cm³/mol. The summed E-state index contributed by atoms with van der Waals surface area (Å²) in [6.45, 7) is 10.9. The molecule has 26 heteroatoms. The lowest BCUT2D eigenvalue weighted by Gasteiger charge is -2.44. The van der Waals surface area contributed by atoms with Crippen molar-refractivity contribution in [1.82, 2.24) is 0 Å². The SMILES string of the molecule is C=CCOC(=O)/C=C(\C)[C@H](C)[C@H](OC(=O)Nc1ccc(OC)cc1)c1ccc(OCCO[Si](CCC(F)(F)C(F)(F)C(F)(F)C(F)(F)C(F)(F)C(F)(F)C(F)(F)C(F)(F)F)(C(C)C)C(C)C)cc1. The van der Waals surface area contributed by atoms with Crippen molar-refractivity contribution < 1.29 is 108 Å². The van der Waals surface area contributed by atoms with Gasteiger partial charge in [0.15, 0.2) is 8.32 Å². The Morgan fingerprint density at radius 2 is 1.15 bits per heavy atom. The molecule has 0 aliphatic carbocycles. The fourth-order valence-electron chi connectivity index (χ4n) is 6.63. The van der Waals surface area contributed by atoms with Gasteiger partial charge in [0.1, 0.15) is 30.8 Å². The fraction of sp³-hybridized carbons (Fsp3) is 0.571. The number of ether oxygens (including phenoxy) is 4. The molecule has 8 nitrogen and oxygen atoms in total. The summed E-state index contributed by atoms with van der Waals surface area (Å²) in [5, 5.41) is 2.56. The van der Waals surface area contributed by atoms with E-state index in [1.807, 2.05) is 0 Å². The first-order valence-corrected chi connectivity index (χ1v) is 22.3. The molecule has 0 spiro atoms. The molecule has 0 unspecified atom stereocenters. The van der Waals surface area contributed by atoms with Crippen molar-refractivity contribution in [2.24, 2.45) is 5.92 Å². The van der Waals surface area contributed by atoms with E-state index in [1.165, 1.54) is 83.4 Å². The monoisotopic (exact) mass is 1030 g/mol. The zero-order chi connectivity index (χ0) is 52.7.